The summed E-state index contributed by atoms with van der Waals surface area (Å²) in [5.74, 6) is 0. The third-order valence-electron chi connectivity index (χ3n) is 10.2. The molecule has 2 nitrogen and oxygen atoms in total. The lowest BCUT2D eigenvalue weighted by Crippen LogP contribution is -2.09. The number of hydrogen-bond donors (Lipinski definition) is 0. The summed E-state index contributed by atoms with van der Waals surface area (Å²) in [6.07, 6.45) is 0. The molecule has 11 rings (SSSR count). The minimum atomic E-state index is 0.977. The van der Waals surface area contributed by atoms with Crippen LogP contribution in [-0.2, 0) is 0 Å². The van der Waals surface area contributed by atoms with Crippen LogP contribution in [0.4, 0.5) is 17.1 Å². The molecule has 0 aliphatic heterocycles. The second-order valence-electron chi connectivity index (χ2n) is 13.2. The molecule has 0 N–H and O–H groups in total. The summed E-state index contributed by atoms with van der Waals surface area (Å²) in [4.78, 5) is 7.38. The molecule has 0 atom stereocenters. The van der Waals surface area contributed by atoms with Crippen molar-refractivity contribution in [2.75, 3.05) is 4.90 Å². The molecule has 0 saturated heterocycles. The average molecular weight is 685 g/mol. The standard InChI is InChI=1S/C47H28N2S2/c1-3-10-33-25-44-40(23-31(33)8-1)38-20-18-36(27-46(38)50-44)49(35-16-13-30(14-17-35)43-22-15-29-7-5-6-12-42(29)48-43)37-19-21-39-41-24-32-9-2-4-11-34(32)26-45(41)51-47(39)28-37/h1-28H. The molecule has 51 heavy (non-hydrogen) atoms. The van der Waals surface area contributed by atoms with Crippen LogP contribution in [0.1, 0.15) is 0 Å². The molecule has 3 heterocycles. The first kappa shape index (κ1) is 28.7. The van der Waals surface area contributed by atoms with Crippen LogP contribution in [0.25, 0.3) is 84.0 Å². The van der Waals surface area contributed by atoms with Crippen LogP contribution < -0.4 is 4.90 Å². The molecule has 0 spiro atoms. The summed E-state index contributed by atoms with van der Waals surface area (Å²) in [7, 11) is 0. The third kappa shape index (κ3) is 4.72. The topological polar surface area (TPSA) is 16.1 Å². The predicted octanol–water partition coefficient (Wildman–Crippen LogP) is 14.4. The van der Waals surface area contributed by atoms with Gasteiger partial charge in [0.25, 0.3) is 0 Å². The van der Waals surface area contributed by atoms with Gasteiger partial charge in [0.1, 0.15) is 0 Å². The van der Waals surface area contributed by atoms with E-state index in [1.165, 1.54) is 61.9 Å². The maximum Gasteiger partial charge on any atom is 0.0709 e. The number of aromatic nitrogens is 1. The monoisotopic (exact) mass is 684 g/mol. The molecular formula is C47H28N2S2. The minimum Gasteiger partial charge on any atom is -0.310 e. The van der Waals surface area contributed by atoms with Crippen molar-refractivity contribution >= 4 is 113 Å². The Labute approximate surface area is 302 Å². The van der Waals surface area contributed by atoms with Crippen LogP contribution >= 0.6 is 22.7 Å². The predicted molar refractivity (Wildman–Crippen MR) is 223 cm³/mol. The van der Waals surface area contributed by atoms with Gasteiger partial charge in [-0.2, -0.15) is 0 Å². The number of anilines is 3. The fraction of sp³-hybridized carbons (Fsp3) is 0. The lowest BCUT2D eigenvalue weighted by molar-refractivity contribution is 1.29. The van der Waals surface area contributed by atoms with Gasteiger partial charge in [0.05, 0.1) is 11.2 Å². The number of pyridine rings is 1. The third-order valence-corrected chi connectivity index (χ3v) is 12.4. The van der Waals surface area contributed by atoms with E-state index in [1.807, 2.05) is 28.7 Å². The first-order valence-corrected chi connectivity index (χ1v) is 18.8. The lowest BCUT2D eigenvalue weighted by Gasteiger charge is -2.26. The normalized spacial score (nSPS) is 11.9. The molecule has 8 aromatic carbocycles. The van der Waals surface area contributed by atoms with Gasteiger partial charge in [0, 0.05) is 68.4 Å². The van der Waals surface area contributed by atoms with E-state index in [2.05, 4.69) is 169 Å². The van der Waals surface area contributed by atoms with Crippen molar-refractivity contribution in [3.63, 3.8) is 0 Å². The Morgan fingerprint density at radius 3 is 1.39 bits per heavy atom. The van der Waals surface area contributed by atoms with Crippen LogP contribution in [0.3, 0.4) is 0 Å². The molecule has 0 radical (unpaired) electrons. The maximum atomic E-state index is 4.98. The number of nitrogens with zero attached hydrogens (tertiary/aromatic N) is 2. The summed E-state index contributed by atoms with van der Waals surface area (Å²) in [6.45, 7) is 0. The zero-order valence-electron chi connectivity index (χ0n) is 27.4. The molecular weight excluding hydrogens is 657 g/mol. The van der Waals surface area contributed by atoms with E-state index in [-0.39, 0.29) is 0 Å². The van der Waals surface area contributed by atoms with E-state index in [1.54, 1.807) is 0 Å². The van der Waals surface area contributed by atoms with Crippen molar-refractivity contribution in [3.05, 3.63) is 170 Å². The van der Waals surface area contributed by atoms with E-state index in [9.17, 15) is 0 Å². The summed E-state index contributed by atoms with van der Waals surface area (Å²) in [5, 5.41) is 11.5. The SMILES string of the molecule is c1ccc2cc3c(cc2c1)sc1cc(N(c2ccc(-c4ccc5ccccc5n4)cc2)c2ccc4c(c2)sc2cc5ccccc5cc24)ccc13. The van der Waals surface area contributed by atoms with Gasteiger partial charge in [-0.25, -0.2) is 4.98 Å². The van der Waals surface area contributed by atoms with Crippen LogP contribution in [0.2, 0.25) is 0 Å². The maximum absolute atomic E-state index is 4.98. The number of hydrogen-bond acceptors (Lipinski definition) is 4. The highest BCUT2D eigenvalue weighted by Gasteiger charge is 2.17. The highest BCUT2D eigenvalue weighted by Crippen LogP contribution is 2.44. The van der Waals surface area contributed by atoms with Crippen molar-refractivity contribution in [1.82, 2.24) is 4.98 Å². The van der Waals surface area contributed by atoms with Crippen molar-refractivity contribution in [3.8, 4) is 11.3 Å². The summed E-state index contributed by atoms with van der Waals surface area (Å²) in [6, 6.07) is 62.0. The summed E-state index contributed by atoms with van der Waals surface area (Å²) < 4.78 is 5.21. The van der Waals surface area contributed by atoms with Gasteiger partial charge in [0.2, 0.25) is 0 Å². The van der Waals surface area contributed by atoms with Crippen LogP contribution in [0, 0.1) is 0 Å². The van der Waals surface area contributed by atoms with Crippen molar-refractivity contribution in [2.45, 2.75) is 0 Å². The number of thiophene rings is 2. The molecule has 0 aliphatic carbocycles. The van der Waals surface area contributed by atoms with Gasteiger partial charge >= 0.3 is 0 Å². The van der Waals surface area contributed by atoms with Crippen molar-refractivity contribution in [1.29, 1.82) is 0 Å². The molecule has 3 aromatic heterocycles. The number of para-hydroxylation sites is 1. The van der Waals surface area contributed by atoms with Gasteiger partial charge < -0.3 is 4.90 Å². The Morgan fingerprint density at radius 1 is 0.353 bits per heavy atom. The highest BCUT2D eigenvalue weighted by molar-refractivity contribution is 7.26. The Hall–Kier alpha value is -6.07. The quantitative estimate of drug-likeness (QED) is 0.183. The van der Waals surface area contributed by atoms with E-state index < -0.39 is 0 Å². The van der Waals surface area contributed by atoms with E-state index in [4.69, 9.17) is 4.98 Å². The molecule has 238 valence electrons. The first-order chi connectivity index (χ1) is 25.2. The number of rotatable bonds is 4. The number of fused-ring (bicyclic) bond motifs is 9. The minimum absolute atomic E-state index is 0.977. The van der Waals surface area contributed by atoms with Crippen molar-refractivity contribution < 1.29 is 0 Å². The molecule has 0 aliphatic rings. The zero-order valence-corrected chi connectivity index (χ0v) is 29.0. The number of benzene rings is 8. The fourth-order valence-corrected chi connectivity index (χ4v) is 9.97. The van der Waals surface area contributed by atoms with E-state index in [0.717, 1.165) is 39.2 Å². The van der Waals surface area contributed by atoms with Gasteiger partial charge in [-0.15, -0.1) is 22.7 Å². The van der Waals surface area contributed by atoms with Crippen LogP contribution in [0.15, 0.2) is 170 Å². The van der Waals surface area contributed by atoms with Gasteiger partial charge in [-0.3, -0.25) is 0 Å². The Morgan fingerprint density at radius 2 is 0.824 bits per heavy atom. The van der Waals surface area contributed by atoms with Crippen LogP contribution in [0.5, 0.6) is 0 Å². The first-order valence-electron chi connectivity index (χ1n) is 17.2. The molecule has 0 amide bonds. The van der Waals surface area contributed by atoms with Crippen molar-refractivity contribution in [2.24, 2.45) is 0 Å². The van der Waals surface area contributed by atoms with E-state index in [0.29, 0.717) is 0 Å². The smallest absolute Gasteiger partial charge is 0.0709 e. The zero-order chi connectivity index (χ0) is 33.5. The van der Waals surface area contributed by atoms with E-state index >= 15 is 0 Å². The average Bonchev–Trinajstić information content (AvgIpc) is 3.72. The molecule has 0 unspecified atom stereocenters. The molecule has 4 heteroatoms. The van der Waals surface area contributed by atoms with Gasteiger partial charge in [-0.1, -0.05) is 97.1 Å². The Kier molecular flexibility index (Phi) is 6.32. The molecule has 11 aromatic rings. The van der Waals surface area contributed by atoms with Gasteiger partial charge in [0.15, 0.2) is 0 Å². The fourth-order valence-electron chi connectivity index (χ4n) is 7.63. The highest BCUT2D eigenvalue weighted by atomic mass is 32.1. The van der Waals surface area contributed by atoms with Gasteiger partial charge in [-0.05, 0) is 94.3 Å². The second kappa shape index (κ2) is 11.2. The molecule has 0 fully saturated rings. The summed E-state index contributed by atoms with van der Waals surface area (Å²) in [5.41, 5.74) is 6.47. The molecule has 0 saturated carbocycles. The van der Waals surface area contributed by atoms with Crippen LogP contribution in [-0.4, -0.2) is 4.98 Å². The molecule has 0 bridgehead atoms. The summed E-state index contributed by atoms with van der Waals surface area (Å²) >= 11 is 3.75. The Balaban J connectivity index is 1.07. The Bertz CT molecular complexity index is 3000. The second-order valence-corrected chi connectivity index (χ2v) is 15.4. The largest absolute Gasteiger partial charge is 0.310 e. The lowest BCUT2D eigenvalue weighted by atomic mass is 10.0.